The summed E-state index contributed by atoms with van der Waals surface area (Å²) in [5, 5.41) is 3.09. The number of hydrogen-bond acceptors (Lipinski definition) is 3. The van der Waals surface area contributed by atoms with Crippen molar-refractivity contribution in [1.29, 1.82) is 0 Å². The number of rotatable bonds is 7. The van der Waals surface area contributed by atoms with Gasteiger partial charge in [0.25, 0.3) is 5.91 Å². The Kier molecular flexibility index (Phi) is 7.11. The van der Waals surface area contributed by atoms with Gasteiger partial charge in [-0.2, -0.15) is 0 Å². The summed E-state index contributed by atoms with van der Waals surface area (Å²) in [5.41, 5.74) is 5.56. The van der Waals surface area contributed by atoms with Gasteiger partial charge < -0.3 is 14.8 Å². The Morgan fingerprint density at radius 1 is 0.893 bits per heavy atom. The molecule has 0 aliphatic rings. The lowest BCUT2D eigenvalue weighted by Gasteiger charge is -2.23. The van der Waals surface area contributed by atoms with Crippen molar-refractivity contribution >= 4 is 5.91 Å². The van der Waals surface area contributed by atoms with Crippen molar-refractivity contribution in [2.75, 3.05) is 7.11 Å². The minimum absolute atomic E-state index is 0.124. The Balaban J connectivity index is 2.14. The van der Waals surface area contributed by atoms with E-state index in [0.29, 0.717) is 5.92 Å². The van der Waals surface area contributed by atoms with E-state index in [1.807, 2.05) is 45.9 Å². The molecule has 0 fully saturated rings. The lowest BCUT2D eigenvalue weighted by molar-refractivity contribution is -0.127. The molecule has 0 bridgehead atoms. The molecule has 152 valence electrons. The molecule has 0 aliphatic heterocycles. The van der Waals surface area contributed by atoms with E-state index < -0.39 is 6.10 Å². The van der Waals surface area contributed by atoms with Crippen LogP contribution in [0.1, 0.15) is 67.5 Å². The van der Waals surface area contributed by atoms with Gasteiger partial charge in [-0.15, -0.1) is 0 Å². The molecular formula is C24H33NO3. The van der Waals surface area contributed by atoms with E-state index in [2.05, 4.69) is 31.3 Å². The summed E-state index contributed by atoms with van der Waals surface area (Å²) < 4.78 is 11.4. The van der Waals surface area contributed by atoms with Crippen LogP contribution in [0.25, 0.3) is 0 Å². The molecule has 1 amide bonds. The summed E-state index contributed by atoms with van der Waals surface area (Å²) in [4.78, 5) is 12.7. The second kappa shape index (κ2) is 9.13. The number of carbonyl (C=O) groups is 1. The molecule has 4 heteroatoms. The average molecular weight is 384 g/mol. The number of amides is 1. The van der Waals surface area contributed by atoms with E-state index in [1.54, 1.807) is 14.0 Å². The number of ether oxygens (including phenoxy) is 2. The fourth-order valence-electron chi connectivity index (χ4n) is 3.48. The maximum atomic E-state index is 12.7. The molecule has 2 rings (SSSR count). The molecule has 28 heavy (non-hydrogen) atoms. The molecule has 0 spiro atoms. The Hall–Kier alpha value is -2.49. The van der Waals surface area contributed by atoms with Crippen LogP contribution in [0.2, 0.25) is 0 Å². The van der Waals surface area contributed by atoms with Crippen molar-refractivity contribution in [3.8, 4) is 11.5 Å². The highest BCUT2D eigenvalue weighted by Gasteiger charge is 2.20. The van der Waals surface area contributed by atoms with E-state index in [4.69, 9.17) is 9.47 Å². The van der Waals surface area contributed by atoms with Crippen molar-refractivity contribution in [1.82, 2.24) is 5.32 Å². The lowest BCUT2D eigenvalue weighted by atomic mass is 9.93. The average Bonchev–Trinajstić information content (AvgIpc) is 2.59. The summed E-state index contributed by atoms with van der Waals surface area (Å²) in [5.74, 6) is 1.81. The third kappa shape index (κ3) is 5.28. The van der Waals surface area contributed by atoms with E-state index in [9.17, 15) is 4.79 Å². The quantitative estimate of drug-likeness (QED) is 0.697. The van der Waals surface area contributed by atoms with E-state index in [0.717, 1.165) is 39.3 Å². The van der Waals surface area contributed by atoms with E-state index >= 15 is 0 Å². The molecule has 1 N–H and O–H groups in total. The summed E-state index contributed by atoms with van der Waals surface area (Å²) >= 11 is 0. The SMILES string of the molecule is COc1cc(C)c([C@H](C)NC(=O)[C@@H](C)Oc2cc(C)cc(C)c2)cc1C(C)C. The highest BCUT2D eigenvalue weighted by molar-refractivity contribution is 5.81. The third-order valence-corrected chi connectivity index (χ3v) is 4.94. The van der Waals surface area contributed by atoms with Crippen LogP contribution >= 0.6 is 0 Å². The monoisotopic (exact) mass is 383 g/mol. The number of carbonyl (C=O) groups excluding carboxylic acids is 1. The molecule has 2 atom stereocenters. The van der Waals surface area contributed by atoms with Crippen molar-refractivity contribution in [2.45, 2.75) is 66.5 Å². The van der Waals surface area contributed by atoms with Crippen LogP contribution in [-0.2, 0) is 4.79 Å². The van der Waals surface area contributed by atoms with Gasteiger partial charge in [0.1, 0.15) is 11.5 Å². The Morgan fingerprint density at radius 2 is 1.50 bits per heavy atom. The van der Waals surface area contributed by atoms with Crippen LogP contribution in [0.3, 0.4) is 0 Å². The summed E-state index contributed by atoms with van der Waals surface area (Å²) in [7, 11) is 1.69. The van der Waals surface area contributed by atoms with Gasteiger partial charge in [-0.1, -0.05) is 19.9 Å². The Morgan fingerprint density at radius 3 is 2.04 bits per heavy atom. The Bertz CT molecular complexity index is 822. The van der Waals surface area contributed by atoms with E-state index in [1.165, 1.54) is 0 Å². The van der Waals surface area contributed by atoms with Crippen molar-refractivity contribution < 1.29 is 14.3 Å². The lowest BCUT2D eigenvalue weighted by Crippen LogP contribution is -2.38. The summed E-state index contributed by atoms with van der Waals surface area (Å²) in [6.45, 7) is 14.1. The number of benzene rings is 2. The van der Waals surface area contributed by atoms with E-state index in [-0.39, 0.29) is 11.9 Å². The first-order chi connectivity index (χ1) is 13.1. The first-order valence-electron chi connectivity index (χ1n) is 9.86. The number of hydrogen-bond donors (Lipinski definition) is 1. The smallest absolute Gasteiger partial charge is 0.261 e. The summed E-state index contributed by atoms with van der Waals surface area (Å²) in [6.07, 6.45) is -0.577. The Labute approximate surface area is 169 Å². The normalized spacial score (nSPS) is 13.2. The zero-order valence-electron chi connectivity index (χ0n) is 18.3. The molecule has 0 saturated heterocycles. The fourth-order valence-corrected chi connectivity index (χ4v) is 3.48. The second-order valence-corrected chi connectivity index (χ2v) is 7.92. The van der Waals surface area contributed by atoms with Crippen LogP contribution in [0, 0.1) is 20.8 Å². The molecule has 4 nitrogen and oxygen atoms in total. The molecule has 0 saturated carbocycles. The maximum absolute atomic E-state index is 12.7. The standard InChI is InChI=1S/C24H33NO3/c1-14(2)21-13-22(17(5)12-23(21)27-8)18(6)25-24(26)19(7)28-20-10-15(3)9-16(4)11-20/h9-14,18-19H,1-8H3,(H,25,26)/t18-,19+/m0/s1. The minimum atomic E-state index is -0.577. The predicted octanol–water partition coefficient (Wildman–Crippen LogP) is 5.39. The molecule has 2 aromatic rings. The van der Waals surface area contributed by atoms with Gasteiger partial charge in [-0.05, 0) is 92.6 Å². The van der Waals surface area contributed by atoms with Crippen LogP contribution in [0.15, 0.2) is 30.3 Å². The van der Waals surface area contributed by atoms with Crippen LogP contribution in [0.4, 0.5) is 0 Å². The number of aryl methyl sites for hydroxylation is 3. The van der Waals surface area contributed by atoms with Gasteiger partial charge in [-0.25, -0.2) is 0 Å². The molecule has 0 unspecified atom stereocenters. The zero-order chi connectivity index (χ0) is 21.0. The first-order valence-corrected chi connectivity index (χ1v) is 9.86. The molecule has 0 radical (unpaired) electrons. The second-order valence-electron chi connectivity index (χ2n) is 7.92. The third-order valence-electron chi connectivity index (χ3n) is 4.94. The maximum Gasteiger partial charge on any atom is 0.261 e. The van der Waals surface area contributed by atoms with Gasteiger partial charge >= 0.3 is 0 Å². The topological polar surface area (TPSA) is 47.6 Å². The van der Waals surface area contributed by atoms with Gasteiger partial charge in [-0.3, -0.25) is 4.79 Å². The first kappa shape index (κ1) is 21.8. The molecule has 2 aromatic carbocycles. The number of nitrogens with one attached hydrogen (secondary N) is 1. The van der Waals surface area contributed by atoms with Crippen LogP contribution < -0.4 is 14.8 Å². The largest absolute Gasteiger partial charge is 0.496 e. The predicted molar refractivity (Wildman–Crippen MR) is 114 cm³/mol. The van der Waals surface area contributed by atoms with Crippen molar-refractivity contribution in [3.05, 3.63) is 58.1 Å². The molecular weight excluding hydrogens is 350 g/mol. The van der Waals surface area contributed by atoms with Gasteiger partial charge in [0.2, 0.25) is 0 Å². The number of methoxy groups -OCH3 is 1. The van der Waals surface area contributed by atoms with Crippen molar-refractivity contribution in [2.24, 2.45) is 0 Å². The van der Waals surface area contributed by atoms with Gasteiger partial charge in [0, 0.05) is 0 Å². The van der Waals surface area contributed by atoms with Crippen molar-refractivity contribution in [3.63, 3.8) is 0 Å². The summed E-state index contributed by atoms with van der Waals surface area (Å²) in [6, 6.07) is 10.0. The fraction of sp³-hybridized carbons (Fsp3) is 0.458. The van der Waals surface area contributed by atoms with Gasteiger partial charge in [0.15, 0.2) is 6.10 Å². The molecule has 0 aliphatic carbocycles. The zero-order valence-corrected chi connectivity index (χ0v) is 18.3. The molecule has 0 heterocycles. The van der Waals surface area contributed by atoms with Gasteiger partial charge in [0.05, 0.1) is 13.2 Å². The highest BCUT2D eigenvalue weighted by Crippen LogP contribution is 2.32. The molecule has 0 aromatic heterocycles. The van der Waals surface area contributed by atoms with Crippen LogP contribution in [-0.4, -0.2) is 19.1 Å². The minimum Gasteiger partial charge on any atom is -0.496 e. The van der Waals surface area contributed by atoms with Crippen LogP contribution in [0.5, 0.6) is 11.5 Å². The highest BCUT2D eigenvalue weighted by atomic mass is 16.5.